The van der Waals surface area contributed by atoms with Crippen LogP contribution in [0.15, 0.2) is 41.8 Å². The van der Waals surface area contributed by atoms with E-state index >= 15 is 0 Å². The molecule has 2 heterocycles. The van der Waals surface area contributed by atoms with Crippen LogP contribution >= 0.6 is 11.3 Å². The normalized spacial score (nSPS) is 19.8. The highest BCUT2D eigenvalue weighted by atomic mass is 32.1. The largest absolute Gasteiger partial charge is 0.335 e. The van der Waals surface area contributed by atoms with Crippen LogP contribution in [0.4, 0.5) is 4.79 Å². The van der Waals surface area contributed by atoms with Crippen LogP contribution in [-0.2, 0) is 22.6 Å². The number of carbonyl (C=O) groups excluding carboxylic acids is 3. The highest BCUT2D eigenvalue weighted by Crippen LogP contribution is 2.35. The number of urea groups is 1. The Morgan fingerprint density at radius 1 is 1.08 bits per heavy atom. The third-order valence-corrected chi connectivity index (χ3v) is 5.89. The molecule has 1 unspecified atom stereocenters. The fourth-order valence-corrected chi connectivity index (χ4v) is 4.38. The molecule has 7 heteroatoms. The number of rotatable bonds is 5. The first-order valence-corrected chi connectivity index (χ1v) is 9.42. The standard InChI is InChI=1S/C19H19N3O3S/c1-20(16-9-8-13-5-2-3-7-15(13)16)12-22-18(24)17(23)21(19(22)25)11-14-6-4-10-26-14/h2-7,10,16H,8-9,11-12H2,1H3. The highest BCUT2D eigenvalue weighted by Gasteiger charge is 2.45. The molecule has 0 bridgehead atoms. The minimum atomic E-state index is -0.747. The lowest BCUT2D eigenvalue weighted by molar-refractivity contribution is -0.144. The van der Waals surface area contributed by atoms with Crippen LogP contribution in [0.25, 0.3) is 0 Å². The number of aryl methyl sites for hydroxylation is 1. The first kappa shape index (κ1) is 16.9. The molecule has 0 N–H and O–H groups in total. The summed E-state index contributed by atoms with van der Waals surface area (Å²) in [5.41, 5.74) is 2.54. The topological polar surface area (TPSA) is 60.9 Å². The van der Waals surface area contributed by atoms with Crippen LogP contribution in [0.3, 0.4) is 0 Å². The molecule has 1 atom stereocenters. The molecule has 1 saturated heterocycles. The lowest BCUT2D eigenvalue weighted by Gasteiger charge is -2.28. The molecule has 0 radical (unpaired) electrons. The number of thiophene rings is 1. The van der Waals surface area contributed by atoms with Gasteiger partial charge in [0.25, 0.3) is 0 Å². The van der Waals surface area contributed by atoms with Crippen molar-refractivity contribution in [2.75, 3.05) is 13.7 Å². The van der Waals surface area contributed by atoms with Crippen molar-refractivity contribution < 1.29 is 14.4 Å². The summed E-state index contributed by atoms with van der Waals surface area (Å²) in [6, 6.07) is 11.5. The number of carbonyl (C=O) groups is 3. The van der Waals surface area contributed by atoms with Crippen molar-refractivity contribution in [1.82, 2.24) is 14.7 Å². The van der Waals surface area contributed by atoms with Crippen molar-refractivity contribution in [1.29, 1.82) is 0 Å². The second-order valence-electron chi connectivity index (χ2n) is 6.64. The van der Waals surface area contributed by atoms with Crippen molar-refractivity contribution in [3.05, 3.63) is 57.8 Å². The Bertz CT molecular complexity index is 865. The Morgan fingerprint density at radius 2 is 1.85 bits per heavy atom. The number of hydrogen-bond acceptors (Lipinski definition) is 5. The van der Waals surface area contributed by atoms with E-state index in [1.165, 1.54) is 22.5 Å². The minimum absolute atomic E-state index is 0.114. The molecule has 1 fully saturated rings. The first-order valence-electron chi connectivity index (χ1n) is 8.54. The molecular formula is C19H19N3O3S. The lowest BCUT2D eigenvalue weighted by atomic mass is 10.1. The predicted octanol–water partition coefficient (Wildman–Crippen LogP) is 2.62. The van der Waals surface area contributed by atoms with Crippen LogP contribution in [0.1, 0.15) is 28.5 Å². The SMILES string of the molecule is CN(CN1C(=O)C(=O)N(Cc2cccs2)C1=O)C1CCc2ccccc21. The number of fused-ring (bicyclic) bond motifs is 1. The Morgan fingerprint density at radius 3 is 2.62 bits per heavy atom. The summed E-state index contributed by atoms with van der Waals surface area (Å²) in [5, 5.41) is 1.88. The van der Waals surface area contributed by atoms with Gasteiger partial charge < -0.3 is 0 Å². The third-order valence-electron chi connectivity index (χ3n) is 5.03. The number of hydrogen-bond donors (Lipinski definition) is 0. The monoisotopic (exact) mass is 369 g/mol. The average molecular weight is 369 g/mol. The van der Waals surface area contributed by atoms with E-state index < -0.39 is 17.8 Å². The van der Waals surface area contributed by atoms with Gasteiger partial charge in [-0.2, -0.15) is 0 Å². The summed E-state index contributed by atoms with van der Waals surface area (Å²) < 4.78 is 0. The van der Waals surface area contributed by atoms with Crippen molar-refractivity contribution in [2.45, 2.75) is 25.4 Å². The molecule has 1 aromatic heterocycles. The summed E-state index contributed by atoms with van der Waals surface area (Å²) >= 11 is 1.46. The van der Waals surface area contributed by atoms with Crippen molar-refractivity contribution in [3.8, 4) is 0 Å². The first-order chi connectivity index (χ1) is 12.6. The highest BCUT2D eigenvalue weighted by molar-refractivity contribution is 7.09. The van der Waals surface area contributed by atoms with Gasteiger partial charge in [0.15, 0.2) is 0 Å². The Balaban J connectivity index is 1.49. The molecule has 2 aliphatic rings. The quantitative estimate of drug-likeness (QED) is 0.600. The summed E-state index contributed by atoms with van der Waals surface area (Å²) in [5.74, 6) is -1.49. The van der Waals surface area contributed by atoms with Crippen LogP contribution < -0.4 is 0 Å². The summed E-state index contributed by atoms with van der Waals surface area (Å²) in [6.45, 7) is 0.261. The Hall–Kier alpha value is -2.51. The van der Waals surface area contributed by atoms with Gasteiger partial charge in [0.05, 0.1) is 13.2 Å². The molecule has 4 rings (SSSR count). The van der Waals surface area contributed by atoms with Gasteiger partial charge >= 0.3 is 17.8 Å². The van der Waals surface area contributed by atoms with E-state index in [4.69, 9.17) is 0 Å². The maximum atomic E-state index is 12.6. The fraction of sp³-hybridized carbons (Fsp3) is 0.316. The molecule has 1 aliphatic carbocycles. The maximum Gasteiger partial charge on any atom is 0.335 e. The summed E-state index contributed by atoms with van der Waals surface area (Å²) in [6.07, 6.45) is 1.93. The molecule has 1 aromatic carbocycles. The van der Waals surface area contributed by atoms with Gasteiger partial charge in [-0.05, 0) is 42.5 Å². The summed E-state index contributed by atoms with van der Waals surface area (Å²) in [7, 11) is 1.89. The Labute approximate surface area is 155 Å². The Kier molecular flexibility index (Phi) is 4.34. The molecule has 4 amide bonds. The van der Waals surface area contributed by atoms with Gasteiger partial charge in [-0.15, -0.1) is 11.3 Å². The van der Waals surface area contributed by atoms with E-state index in [-0.39, 0.29) is 19.3 Å². The molecule has 134 valence electrons. The number of imide groups is 2. The van der Waals surface area contributed by atoms with Gasteiger partial charge in [-0.1, -0.05) is 30.3 Å². The molecular weight excluding hydrogens is 350 g/mol. The van der Waals surface area contributed by atoms with E-state index in [9.17, 15) is 14.4 Å². The van der Waals surface area contributed by atoms with Crippen LogP contribution in [-0.4, -0.2) is 46.3 Å². The van der Waals surface area contributed by atoms with Gasteiger partial charge in [0, 0.05) is 10.9 Å². The number of benzene rings is 1. The van der Waals surface area contributed by atoms with Crippen LogP contribution in [0.5, 0.6) is 0 Å². The van der Waals surface area contributed by atoms with Gasteiger partial charge in [0.2, 0.25) is 0 Å². The average Bonchev–Trinajstić information content (AvgIpc) is 3.35. The smallest absolute Gasteiger partial charge is 0.281 e. The van der Waals surface area contributed by atoms with Crippen LogP contribution in [0.2, 0.25) is 0 Å². The van der Waals surface area contributed by atoms with Gasteiger partial charge in [-0.25, -0.2) is 9.69 Å². The van der Waals surface area contributed by atoms with E-state index in [1.807, 2.05) is 41.6 Å². The second-order valence-corrected chi connectivity index (χ2v) is 7.67. The molecule has 1 aliphatic heterocycles. The maximum absolute atomic E-state index is 12.6. The second kappa shape index (κ2) is 6.66. The van der Waals surface area contributed by atoms with Crippen molar-refractivity contribution in [3.63, 3.8) is 0 Å². The van der Waals surface area contributed by atoms with E-state index in [0.29, 0.717) is 0 Å². The molecule has 6 nitrogen and oxygen atoms in total. The fourth-order valence-electron chi connectivity index (χ4n) is 3.69. The predicted molar refractivity (Wildman–Crippen MR) is 97.2 cm³/mol. The zero-order valence-electron chi connectivity index (χ0n) is 14.4. The lowest BCUT2D eigenvalue weighted by Crippen LogP contribution is -2.41. The summed E-state index contributed by atoms with van der Waals surface area (Å²) in [4.78, 5) is 42.2. The number of amides is 4. The van der Waals surface area contributed by atoms with Gasteiger partial charge in [-0.3, -0.25) is 19.4 Å². The van der Waals surface area contributed by atoms with Crippen LogP contribution in [0, 0.1) is 0 Å². The van der Waals surface area contributed by atoms with E-state index in [1.54, 1.807) is 0 Å². The third kappa shape index (κ3) is 2.83. The van der Waals surface area contributed by atoms with Crippen molar-refractivity contribution >= 4 is 29.2 Å². The number of nitrogens with zero attached hydrogens (tertiary/aromatic N) is 3. The zero-order chi connectivity index (χ0) is 18.3. The van der Waals surface area contributed by atoms with Gasteiger partial charge in [0.1, 0.15) is 0 Å². The molecule has 2 aromatic rings. The molecule has 26 heavy (non-hydrogen) atoms. The van der Waals surface area contributed by atoms with Crippen molar-refractivity contribution in [2.24, 2.45) is 0 Å². The minimum Gasteiger partial charge on any atom is -0.281 e. The molecule has 0 saturated carbocycles. The molecule has 0 spiro atoms. The van der Waals surface area contributed by atoms with E-state index in [2.05, 4.69) is 12.1 Å². The zero-order valence-corrected chi connectivity index (χ0v) is 15.2. The van der Waals surface area contributed by atoms with E-state index in [0.717, 1.165) is 27.5 Å².